The van der Waals surface area contributed by atoms with E-state index in [2.05, 4.69) is 4.98 Å². The average Bonchev–Trinajstić information content (AvgIpc) is 3.28. The highest BCUT2D eigenvalue weighted by Crippen LogP contribution is 2.33. The molecule has 0 fully saturated rings. The first-order valence-corrected chi connectivity index (χ1v) is 10.6. The third-order valence-electron chi connectivity index (χ3n) is 5.09. The van der Waals surface area contributed by atoms with Crippen molar-refractivity contribution in [1.82, 2.24) is 9.55 Å². The van der Waals surface area contributed by atoms with Gasteiger partial charge in [0.15, 0.2) is 11.4 Å². The van der Waals surface area contributed by atoms with Crippen molar-refractivity contribution in [2.45, 2.75) is 26.6 Å². The van der Waals surface area contributed by atoms with Crippen LogP contribution in [-0.4, -0.2) is 35.7 Å². The third-order valence-corrected chi connectivity index (χ3v) is 5.09. The van der Waals surface area contributed by atoms with Gasteiger partial charge in [-0.1, -0.05) is 26.0 Å². The largest absolute Gasteiger partial charge is 0.451 e. The molecule has 0 saturated carbocycles. The zero-order valence-corrected chi connectivity index (χ0v) is 19.3. The lowest BCUT2D eigenvalue weighted by Gasteiger charge is -2.24. The lowest BCUT2D eigenvalue weighted by molar-refractivity contribution is -0.137. The number of H-pyrrole nitrogens is 1. The zero-order valence-electron chi connectivity index (χ0n) is 19.3. The minimum atomic E-state index is -4.55. The molecule has 0 bridgehead atoms. The second-order valence-corrected chi connectivity index (χ2v) is 8.19. The summed E-state index contributed by atoms with van der Waals surface area (Å²) in [5.74, 6) is -1.20. The zero-order chi connectivity index (χ0) is 25.9. The smallest absolute Gasteiger partial charge is 0.416 e. The molecule has 2 heterocycles. The quantitative estimate of drug-likeness (QED) is 0.495. The van der Waals surface area contributed by atoms with Crippen molar-refractivity contribution in [3.05, 3.63) is 68.6 Å². The molecule has 2 aromatic heterocycles. The summed E-state index contributed by atoms with van der Waals surface area (Å²) in [4.78, 5) is 41.5. The van der Waals surface area contributed by atoms with Gasteiger partial charge in [-0.3, -0.25) is 24.0 Å². The van der Waals surface area contributed by atoms with Gasteiger partial charge in [-0.05, 0) is 30.2 Å². The maximum absolute atomic E-state index is 13.3. The molecule has 0 unspecified atom stereocenters. The number of anilines is 2. The lowest BCUT2D eigenvalue weighted by atomic mass is 10.1. The molecular formula is C23H25F3N4O5. The van der Waals surface area contributed by atoms with Crippen molar-refractivity contribution < 1.29 is 27.1 Å². The van der Waals surface area contributed by atoms with Crippen molar-refractivity contribution in [1.29, 1.82) is 0 Å². The Labute approximate surface area is 197 Å². The number of alkyl halides is 3. The van der Waals surface area contributed by atoms with Crippen molar-refractivity contribution in [3.63, 3.8) is 0 Å². The van der Waals surface area contributed by atoms with Gasteiger partial charge in [0, 0.05) is 19.2 Å². The van der Waals surface area contributed by atoms with E-state index in [-0.39, 0.29) is 54.2 Å². The molecule has 0 aliphatic rings. The first-order valence-electron chi connectivity index (χ1n) is 10.6. The van der Waals surface area contributed by atoms with Crippen molar-refractivity contribution in [2.24, 2.45) is 5.92 Å². The number of halogens is 3. The van der Waals surface area contributed by atoms with Crippen LogP contribution in [-0.2, 0) is 17.5 Å². The average molecular weight is 494 g/mol. The van der Waals surface area contributed by atoms with Gasteiger partial charge in [-0.25, -0.2) is 4.79 Å². The van der Waals surface area contributed by atoms with Crippen LogP contribution >= 0.6 is 0 Å². The Kier molecular flexibility index (Phi) is 7.54. The predicted molar refractivity (Wildman–Crippen MR) is 123 cm³/mol. The maximum atomic E-state index is 13.3. The summed E-state index contributed by atoms with van der Waals surface area (Å²) >= 11 is 0. The van der Waals surface area contributed by atoms with Crippen LogP contribution in [0.4, 0.5) is 24.7 Å². The fraction of sp³-hybridized carbons (Fsp3) is 0.348. The van der Waals surface area contributed by atoms with E-state index in [0.717, 1.165) is 21.6 Å². The molecule has 0 aliphatic carbocycles. The van der Waals surface area contributed by atoms with Gasteiger partial charge >= 0.3 is 11.9 Å². The van der Waals surface area contributed by atoms with Gasteiger partial charge in [0.05, 0.1) is 18.7 Å². The van der Waals surface area contributed by atoms with Gasteiger partial charge in [0.2, 0.25) is 0 Å². The molecule has 1 amide bonds. The Bertz CT molecular complexity index is 1320. The molecule has 0 radical (unpaired) electrons. The van der Waals surface area contributed by atoms with Crippen LogP contribution in [0.3, 0.4) is 0 Å². The standard InChI is InChI=1S/C23H25F3N4O5/c1-13(2)12-30-19(27)18(20(31)28-22(30)33)29(9-10-34-3)21(32)17-8-7-16(35-17)14-5-4-6-15(11-14)23(24,25)26/h4-8,11,13H,9-10,12,27H2,1-3H3,(H,28,31,33). The third kappa shape index (κ3) is 5.65. The molecule has 3 aromatic rings. The lowest BCUT2D eigenvalue weighted by Crippen LogP contribution is -2.42. The summed E-state index contributed by atoms with van der Waals surface area (Å²) in [6, 6.07) is 7.10. The Morgan fingerprint density at radius 2 is 1.94 bits per heavy atom. The van der Waals surface area contributed by atoms with Gasteiger partial charge in [-0.15, -0.1) is 0 Å². The summed E-state index contributed by atoms with van der Waals surface area (Å²) in [5, 5.41) is 0. The van der Waals surface area contributed by atoms with Crippen LogP contribution < -0.4 is 21.9 Å². The summed E-state index contributed by atoms with van der Waals surface area (Å²) in [6.45, 7) is 3.81. The van der Waals surface area contributed by atoms with E-state index in [1.165, 1.54) is 31.4 Å². The number of carbonyl (C=O) groups is 1. The second kappa shape index (κ2) is 10.2. The van der Waals surface area contributed by atoms with E-state index >= 15 is 0 Å². The highest BCUT2D eigenvalue weighted by atomic mass is 19.4. The summed E-state index contributed by atoms with van der Waals surface area (Å²) in [6.07, 6.45) is -4.55. The normalized spacial score (nSPS) is 11.7. The first kappa shape index (κ1) is 25.8. The molecule has 9 nitrogen and oxygen atoms in total. The number of nitrogens with two attached hydrogens (primary N) is 1. The number of hydrogen-bond acceptors (Lipinski definition) is 6. The number of hydrogen-bond donors (Lipinski definition) is 2. The number of nitrogens with one attached hydrogen (secondary N) is 1. The highest BCUT2D eigenvalue weighted by molar-refractivity contribution is 6.05. The summed E-state index contributed by atoms with van der Waals surface area (Å²) < 4.78 is 51.0. The number of furan rings is 1. The number of benzene rings is 1. The number of rotatable bonds is 8. The van der Waals surface area contributed by atoms with E-state index in [0.29, 0.717) is 0 Å². The number of nitrogen functional groups attached to an aromatic ring is 1. The Balaban J connectivity index is 2.04. The molecule has 3 rings (SSSR count). The SMILES string of the molecule is COCCN(C(=O)c1ccc(-c2cccc(C(F)(F)F)c2)o1)c1c(N)n(CC(C)C)c(=O)[nH]c1=O. The number of amides is 1. The number of ether oxygens (including phenoxy) is 1. The number of nitrogens with zero attached hydrogens (tertiary/aromatic N) is 2. The predicted octanol–water partition coefficient (Wildman–Crippen LogP) is 3.35. The van der Waals surface area contributed by atoms with Crippen LogP contribution in [0.15, 0.2) is 50.4 Å². The summed E-state index contributed by atoms with van der Waals surface area (Å²) in [7, 11) is 1.40. The van der Waals surface area contributed by atoms with Crippen LogP contribution in [0, 0.1) is 5.92 Å². The summed E-state index contributed by atoms with van der Waals surface area (Å²) in [5.41, 5.74) is 3.55. The maximum Gasteiger partial charge on any atom is 0.416 e. The molecule has 0 aliphatic heterocycles. The Morgan fingerprint density at radius 3 is 2.57 bits per heavy atom. The van der Waals surface area contributed by atoms with E-state index in [4.69, 9.17) is 14.9 Å². The first-order chi connectivity index (χ1) is 16.4. The molecule has 0 saturated heterocycles. The molecule has 35 heavy (non-hydrogen) atoms. The van der Waals surface area contributed by atoms with E-state index in [1.54, 1.807) is 0 Å². The van der Waals surface area contributed by atoms with Crippen LogP contribution in [0.5, 0.6) is 0 Å². The van der Waals surface area contributed by atoms with E-state index in [1.807, 2.05) is 13.8 Å². The fourth-order valence-electron chi connectivity index (χ4n) is 3.47. The molecule has 3 N–H and O–H groups in total. The number of carbonyl (C=O) groups excluding carboxylic acids is 1. The topological polar surface area (TPSA) is 124 Å². The minimum absolute atomic E-state index is 0.0111. The minimum Gasteiger partial charge on any atom is -0.451 e. The molecule has 1 aromatic carbocycles. The van der Waals surface area contributed by atoms with Gasteiger partial charge in [0.25, 0.3) is 11.5 Å². The highest BCUT2D eigenvalue weighted by Gasteiger charge is 2.31. The number of aromatic amines is 1. The number of methoxy groups -OCH3 is 1. The van der Waals surface area contributed by atoms with Crippen molar-refractivity contribution in [3.8, 4) is 11.3 Å². The molecule has 12 heteroatoms. The van der Waals surface area contributed by atoms with Gasteiger partial charge in [-0.2, -0.15) is 13.2 Å². The van der Waals surface area contributed by atoms with Crippen molar-refractivity contribution in [2.75, 3.05) is 30.9 Å². The Morgan fingerprint density at radius 1 is 1.23 bits per heavy atom. The van der Waals surface area contributed by atoms with E-state index in [9.17, 15) is 27.6 Å². The molecular weight excluding hydrogens is 469 g/mol. The van der Waals surface area contributed by atoms with Gasteiger partial charge in [0.1, 0.15) is 11.6 Å². The fourth-order valence-corrected chi connectivity index (χ4v) is 3.47. The van der Waals surface area contributed by atoms with Crippen LogP contribution in [0.2, 0.25) is 0 Å². The van der Waals surface area contributed by atoms with E-state index < -0.39 is 28.9 Å². The second-order valence-electron chi connectivity index (χ2n) is 8.19. The van der Waals surface area contributed by atoms with Crippen LogP contribution in [0.25, 0.3) is 11.3 Å². The number of aromatic nitrogens is 2. The van der Waals surface area contributed by atoms with Crippen molar-refractivity contribution >= 4 is 17.4 Å². The molecule has 188 valence electrons. The van der Waals surface area contributed by atoms with Crippen LogP contribution in [0.1, 0.15) is 30.0 Å². The van der Waals surface area contributed by atoms with Gasteiger partial charge < -0.3 is 14.9 Å². The monoisotopic (exact) mass is 494 g/mol. The Hall–Kier alpha value is -3.80. The molecule has 0 atom stereocenters. The molecule has 0 spiro atoms.